The Labute approximate surface area is 191 Å². The number of hydrogen-bond acceptors (Lipinski definition) is 6. The molecule has 1 amide bonds. The van der Waals surface area contributed by atoms with Crippen molar-refractivity contribution >= 4 is 28.8 Å². The summed E-state index contributed by atoms with van der Waals surface area (Å²) in [5, 5.41) is 19.1. The van der Waals surface area contributed by atoms with E-state index < -0.39 is 43.4 Å². The van der Waals surface area contributed by atoms with E-state index in [9.17, 15) is 27.5 Å². The zero-order valence-corrected chi connectivity index (χ0v) is 18.4. The SMILES string of the molecule is CC(C)(O)[C@H](F)CNC(=O)c1cnc(-c2cnn3cc(Cl)cnc23)cc1NCCC(F)(F)F. The van der Waals surface area contributed by atoms with Crippen molar-refractivity contribution in [3.8, 4) is 11.3 Å². The number of fused-ring (bicyclic) bond motifs is 1. The third kappa shape index (κ3) is 6.29. The maximum absolute atomic E-state index is 14.0. The second kappa shape index (κ2) is 9.48. The zero-order chi connectivity index (χ0) is 24.4. The highest BCUT2D eigenvalue weighted by atomic mass is 35.5. The molecule has 3 rings (SSSR count). The molecule has 33 heavy (non-hydrogen) atoms. The van der Waals surface area contributed by atoms with Gasteiger partial charge in [-0.05, 0) is 19.9 Å². The smallest absolute Gasteiger partial charge is 0.387 e. The summed E-state index contributed by atoms with van der Waals surface area (Å²) in [7, 11) is 0. The molecule has 8 nitrogen and oxygen atoms in total. The van der Waals surface area contributed by atoms with E-state index in [0.29, 0.717) is 21.9 Å². The van der Waals surface area contributed by atoms with Crippen LogP contribution in [0.1, 0.15) is 30.6 Å². The van der Waals surface area contributed by atoms with E-state index in [-0.39, 0.29) is 11.3 Å². The van der Waals surface area contributed by atoms with Gasteiger partial charge >= 0.3 is 6.18 Å². The number of alkyl halides is 4. The first-order chi connectivity index (χ1) is 15.3. The summed E-state index contributed by atoms with van der Waals surface area (Å²) >= 11 is 5.90. The number of anilines is 1. The molecule has 0 fully saturated rings. The molecule has 0 aliphatic heterocycles. The lowest BCUT2D eigenvalue weighted by Crippen LogP contribution is -2.42. The van der Waals surface area contributed by atoms with Crippen molar-refractivity contribution in [3.05, 3.63) is 41.4 Å². The molecule has 0 unspecified atom stereocenters. The Morgan fingerprint density at radius 3 is 2.64 bits per heavy atom. The average Bonchev–Trinajstić information content (AvgIpc) is 3.13. The monoisotopic (exact) mass is 488 g/mol. The zero-order valence-electron chi connectivity index (χ0n) is 17.6. The van der Waals surface area contributed by atoms with Crippen LogP contribution in [0.5, 0.6) is 0 Å². The topological polar surface area (TPSA) is 104 Å². The number of hydrogen-bond donors (Lipinski definition) is 3. The van der Waals surface area contributed by atoms with Crippen molar-refractivity contribution < 1.29 is 27.5 Å². The molecule has 1 atom stereocenters. The molecule has 178 valence electrons. The minimum Gasteiger partial charge on any atom is -0.387 e. The number of pyridine rings is 1. The van der Waals surface area contributed by atoms with Gasteiger partial charge in [0.1, 0.15) is 6.17 Å². The van der Waals surface area contributed by atoms with Crippen LogP contribution < -0.4 is 10.6 Å². The molecule has 0 aliphatic rings. The number of carbonyl (C=O) groups is 1. The fourth-order valence-corrected chi connectivity index (χ4v) is 2.97. The van der Waals surface area contributed by atoms with Crippen LogP contribution in [0.25, 0.3) is 16.9 Å². The van der Waals surface area contributed by atoms with Crippen LogP contribution in [-0.2, 0) is 0 Å². The van der Waals surface area contributed by atoms with E-state index in [0.717, 1.165) is 6.20 Å². The van der Waals surface area contributed by atoms with Gasteiger partial charge in [-0.3, -0.25) is 9.78 Å². The number of aromatic nitrogens is 4. The van der Waals surface area contributed by atoms with Crippen LogP contribution in [0.4, 0.5) is 23.2 Å². The Morgan fingerprint density at radius 2 is 1.97 bits per heavy atom. The van der Waals surface area contributed by atoms with Gasteiger partial charge in [-0.25, -0.2) is 13.9 Å². The summed E-state index contributed by atoms with van der Waals surface area (Å²) in [4.78, 5) is 21.0. The predicted molar refractivity (Wildman–Crippen MR) is 114 cm³/mol. The Kier molecular flexibility index (Phi) is 7.08. The van der Waals surface area contributed by atoms with Crippen molar-refractivity contribution in [1.29, 1.82) is 0 Å². The van der Waals surface area contributed by atoms with Crippen molar-refractivity contribution in [1.82, 2.24) is 24.9 Å². The normalized spacial score (nSPS) is 13.2. The van der Waals surface area contributed by atoms with E-state index in [1.54, 1.807) is 0 Å². The summed E-state index contributed by atoms with van der Waals surface area (Å²) < 4.78 is 53.3. The number of carbonyl (C=O) groups excluding carboxylic acids is 1. The molecule has 3 N–H and O–H groups in total. The minimum atomic E-state index is -4.40. The first-order valence-electron chi connectivity index (χ1n) is 9.80. The second-order valence-electron chi connectivity index (χ2n) is 7.84. The Bertz CT molecular complexity index is 1150. The number of nitrogens with zero attached hydrogens (tertiary/aromatic N) is 4. The number of rotatable bonds is 8. The minimum absolute atomic E-state index is 0.0636. The Balaban J connectivity index is 1.91. The molecule has 0 radical (unpaired) electrons. The number of nitrogens with one attached hydrogen (secondary N) is 2. The lowest BCUT2D eigenvalue weighted by atomic mass is 10.0. The largest absolute Gasteiger partial charge is 0.390 e. The summed E-state index contributed by atoms with van der Waals surface area (Å²) in [6.45, 7) is 1.51. The molecule has 3 aromatic heterocycles. The van der Waals surface area contributed by atoms with E-state index in [2.05, 4.69) is 25.7 Å². The summed E-state index contributed by atoms with van der Waals surface area (Å²) in [6, 6.07) is 1.39. The van der Waals surface area contributed by atoms with Crippen LogP contribution in [0.2, 0.25) is 5.02 Å². The molecule has 0 aromatic carbocycles. The van der Waals surface area contributed by atoms with Gasteiger partial charge in [0.15, 0.2) is 5.65 Å². The van der Waals surface area contributed by atoms with Gasteiger partial charge in [0.25, 0.3) is 5.91 Å². The Morgan fingerprint density at radius 1 is 1.24 bits per heavy atom. The molecule has 3 aromatic rings. The maximum atomic E-state index is 14.0. The van der Waals surface area contributed by atoms with E-state index in [4.69, 9.17) is 11.6 Å². The van der Waals surface area contributed by atoms with Crippen LogP contribution >= 0.6 is 11.6 Å². The van der Waals surface area contributed by atoms with Crippen molar-refractivity contribution in [2.24, 2.45) is 0 Å². The molecule has 0 spiro atoms. The molecule has 0 aliphatic carbocycles. The lowest BCUT2D eigenvalue weighted by molar-refractivity contribution is -0.131. The van der Waals surface area contributed by atoms with E-state index in [1.165, 1.54) is 43.0 Å². The molecule has 0 bridgehead atoms. The first kappa shape index (κ1) is 24.6. The molecule has 13 heteroatoms. The van der Waals surface area contributed by atoms with Crippen LogP contribution in [0, 0.1) is 0 Å². The molecular formula is C20H21ClF4N6O2. The van der Waals surface area contributed by atoms with Crippen LogP contribution in [0.15, 0.2) is 30.9 Å². The summed E-state index contributed by atoms with van der Waals surface area (Å²) in [5.74, 6) is -0.764. The van der Waals surface area contributed by atoms with Gasteiger partial charge in [-0.1, -0.05) is 11.6 Å². The predicted octanol–water partition coefficient (Wildman–Crippen LogP) is 3.65. The fourth-order valence-electron chi connectivity index (χ4n) is 2.83. The molecule has 3 heterocycles. The number of aliphatic hydroxyl groups is 1. The summed E-state index contributed by atoms with van der Waals surface area (Å²) in [6.07, 6.45) is -1.74. The van der Waals surface area contributed by atoms with Gasteiger partial charge in [-0.15, -0.1) is 0 Å². The highest BCUT2D eigenvalue weighted by Gasteiger charge is 2.28. The van der Waals surface area contributed by atoms with Gasteiger partial charge in [0.2, 0.25) is 0 Å². The molecular weight excluding hydrogens is 468 g/mol. The van der Waals surface area contributed by atoms with Crippen molar-refractivity contribution in [3.63, 3.8) is 0 Å². The fraction of sp³-hybridized carbons (Fsp3) is 0.400. The standard InChI is InChI=1S/C20H21ClF4N6O2/c1-19(2,33)16(22)9-29-18(32)13-7-27-14(5-15(13)26-4-3-20(23,24)25)12-8-30-31-10-11(21)6-28-17(12)31/h5-8,10,16,33H,3-4,9H2,1-2H3,(H,26,27)(H,29,32)/t16-/m1/s1. The van der Waals surface area contributed by atoms with Crippen LogP contribution in [0.3, 0.4) is 0 Å². The first-order valence-corrected chi connectivity index (χ1v) is 10.2. The summed E-state index contributed by atoms with van der Waals surface area (Å²) in [5.41, 5.74) is -0.544. The number of halogens is 5. The maximum Gasteiger partial charge on any atom is 0.390 e. The third-order valence-electron chi connectivity index (χ3n) is 4.68. The highest BCUT2D eigenvalue weighted by Crippen LogP contribution is 2.27. The van der Waals surface area contributed by atoms with Crippen molar-refractivity contribution in [2.45, 2.75) is 38.2 Å². The van der Waals surface area contributed by atoms with E-state index >= 15 is 0 Å². The van der Waals surface area contributed by atoms with Gasteiger partial charge in [-0.2, -0.15) is 18.3 Å². The quantitative estimate of drug-likeness (QED) is 0.418. The molecule has 0 saturated carbocycles. The van der Waals surface area contributed by atoms with E-state index in [1.807, 2.05) is 0 Å². The van der Waals surface area contributed by atoms with Crippen molar-refractivity contribution in [2.75, 3.05) is 18.4 Å². The Hall–Kier alpha value is -2.99. The lowest BCUT2D eigenvalue weighted by Gasteiger charge is -2.22. The third-order valence-corrected chi connectivity index (χ3v) is 4.88. The van der Waals surface area contributed by atoms with Crippen LogP contribution in [-0.4, -0.2) is 61.6 Å². The molecule has 0 saturated heterocycles. The van der Waals surface area contributed by atoms with Gasteiger partial charge in [0, 0.05) is 18.9 Å². The second-order valence-corrected chi connectivity index (χ2v) is 8.27. The van der Waals surface area contributed by atoms with Gasteiger partial charge in [0.05, 0.1) is 58.5 Å². The van der Waals surface area contributed by atoms with Gasteiger partial charge < -0.3 is 15.7 Å². The highest BCUT2D eigenvalue weighted by molar-refractivity contribution is 6.30. The average molecular weight is 489 g/mol. The number of amides is 1.